The second-order valence-electron chi connectivity index (χ2n) is 8.41. The molecule has 0 saturated heterocycles. The fourth-order valence-corrected chi connectivity index (χ4v) is 3.97. The lowest BCUT2D eigenvalue weighted by Crippen LogP contribution is -2.29. The van der Waals surface area contributed by atoms with E-state index in [1.807, 2.05) is 31.2 Å². The second kappa shape index (κ2) is 7.89. The fourth-order valence-electron chi connectivity index (χ4n) is 3.68. The molecule has 0 bridgehead atoms. The molecule has 0 atom stereocenters. The highest BCUT2D eigenvalue weighted by atomic mass is 35.5. The maximum Gasteiger partial charge on any atom is 0.229 e. The molecule has 1 aliphatic carbocycles. The van der Waals surface area contributed by atoms with E-state index in [0.29, 0.717) is 45.9 Å². The summed E-state index contributed by atoms with van der Waals surface area (Å²) in [7, 11) is 0. The lowest BCUT2D eigenvalue weighted by atomic mass is 9.75. The van der Waals surface area contributed by atoms with E-state index in [1.54, 1.807) is 18.2 Å². The minimum Gasteiger partial charge on any atom is -0.339 e. The second-order valence-corrected chi connectivity index (χ2v) is 9.22. The Kier molecular flexibility index (Phi) is 5.43. The molecule has 154 valence electrons. The predicted molar refractivity (Wildman–Crippen MR) is 123 cm³/mol. The largest absolute Gasteiger partial charge is 0.339 e. The van der Waals surface area contributed by atoms with Crippen molar-refractivity contribution >= 4 is 52.1 Å². The van der Waals surface area contributed by atoms with E-state index >= 15 is 0 Å². The highest BCUT2D eigenvalue weighted by molar-refractivity contribution is 6.42. The van der Waals surface area contributed by atoms with Crippen LogP contribution in [0.1, 0.15) is 41.9 Å². The Bertz CT molecular complexity index is 1140. The molecule has 0 saturated carbocycles. The van der Waals surface area contributed by atoms with Crippen LogP contribution < -0.4 is 10.6 Å². The van der Waals surface area contributed by atoms with Crippen molar-refractivity contribution in [1.29, 1.82) is 0 Å². The predicted octanol–water partition coefficient (Wildman–Crippen LogP) is 6.73. The number of nitrogens with one attached hydrogen (secondary N) is 2. The van der Waals surface area contributed by atoms with Crippen molar-refractivity contribution in [3.8, 4) is 0 Å². The average molecular weight is 441 g/mol. The molecule has 0 aliphatic heterocycles. The number of benzene rings is 2. The van der Waals surface area contributed by atoms with Gasteiger partial charge in [0.25, 0.3) is 0 Å². The van der Waals surface area contributed by atoms with E-state index in [9.17, 15) is 4.79 Å². The van der Waals surface area contributed by atoms with Gasteiger partial charge < -0.3 is 10.6 Å². The smallest absolute Gasteiger partial charge is 0.229 e. The molecule has 1 aliphatic rings. The molecular weight excluding hydrogens is 419 g/mol. The van der Waals surface area contributed by atoms with Crippen molar-refractivity contribution in [2.45, 2.75) is 33.6 Å². The minimum absolute atomic E-state index is 0.0333. The molecule has 3 aromatic rings. The molecule has 0 amide bonds. The van der Waals surface area contributed by atoms with Gasteiger partial charge >= 0.3 is 0 Å². The first-order valence-corrected chi connectivity index (χ1v) is 10.5. The summed E-state index contributed by atoms with van der Waals surface area (Å²) in [6.07, 6.45) is 1.14. The zero-order valence-corrected chi connectivity index (χ0v) is 18.5. The van der Waals surface area contributed by atoms with E-state index in [1.165, 1.54) is 0 Å². The first-order chi connectivity index (χ1) is 14.2. The summed E-state index contributed by atoms with van der Waals surface area (Å²) in [6.45, 7) is 6.18. The maximum atomic E-state index is 13.0. The van der Waals surface area contributed by atoms with Crippen molar-refractivity contribution in [1.82, 2.24) is 9.97 Å². The number of nitrogens with zero attached hydrogens (tertiary/aromatic N) is 2. The Labute approximate surface area is 185 Å². The molecule has 1 heterocycles. The van der Waals surface area contributed by atoms with Gasteiger partial charge in [-0.2, -0.15) is 4.98 Å². The van der Waals surface area contributed by atoms with E-state index in [0.717, 1.165) is 16.9 Å². The Hall–Kier alpha value is -2.63. The normalized spacial score (nSPS) is 14.9. The molecule has 0 fully saturated rings. The van der Waals surface area contributed by atoms with Gasteiger partial charge in [0, 0.05) is 17.8 Å². The monoisotopic (exact) mass is 440 g/mol. The summed E-state index contributed by atoms with van der Waals surface area (Å²) in [6, 6.07) is 13.2. The Morgan fingerprint density at radius 3 is 2.43 bits per heavy atom. The van der Waals surface area contributed by atoms with Gasteiger partial charge in [-0.1, -0.05) is 49.2 Å². The van der Waals surface area contributed by atoms with Gasteiger partial charge in [0.05, 0.1) is 21.3 Å². The van der Waals surface area contributed by atoms with Crippen LogP contribution in [0, 0.1) is 12.3 Å². The highest BCUT2D eigenvalue weighted by Crippen LogP contribution is 2.38. The molecule has 30 heavy (non-hydrogen) atoms. The van der Waals surface area contributed by atoms with E-state index in [4.69, 9.17) is 23.2 Å². The molecule has 7 heteroatoms. The topological polar surface area (TPSA) is 66.9 Å². The summed E-state index contributed by atoms with van der Waals surface area (Å²) < 4.78 is 0. The van der Waals surface area contributed by atoms with Crippen LogP contribution in [0.5, 0.6) is 0 Å². The van der Waals surface area contributed by atoms with Gasteiger partial charge in [-0.3, -0.25) is 4.79 Å². The minimum atomic E-state index is -0.153. The Balaban J connectivity index is 1.78. The Morgan fingerprint density at radius 1 is 0.933 bits per heavy atom. The molecule has 0 spiro atoms. The van der Waals surface area contributed by atoms with Crippen molar-refractivity contribution in [3.05, 3.63) is 69.3 Å². The van der Waals surface area contributed by atoms with Gasteiger partial charge in [-0.05, 0) is 54.7 Å². The van der Waals surface area contributed by atoms with E-state index in [-0.39, 0.29) is 11.2 Å². The quantitative estimate of drug-likeness (QED) is 0.470. The summed E-state index contributed by atoms with van der Waals surface area (Å²) in [5, 5.41) is 7.39. The zero-order chi connectivity index (χ0) is 21.5. The van der Waals surface area contributed by atoms with Gasteiger partial charge in [0.1, 0.15) is 5.82 Å². The van der Waals surface area contributed by atoms with Crippen LogP contribution >= 0.6 is 23.2 Å². The third-order valence-electron chi connectivity index (χ3n) is 5.00. The number of carbonyl (C=O) groups excluding carboxylic acids is 1. The van der Waals surface area contributed by atoms with Crippen LogP contribution in [0.2, 0.25) is 10.0 Å². The number of ketones is 1. The number of carbonyl (C=O) groups is 1. The summed E-state index contributed by atoms with van der Waals surface area (Å²) in [5.74, 6) is 0.937. The fraction of sp³-hybridized carbons (Fsp3) is 0.261. The average Bonchev–Trinajstić information content (AvgIpc) is 2.63. The third kappa shape index (κ3) is 4.42. The molecule has 2 N–H and O–H groups in total. The number of hydrogen-bond donors (Lipinski definition) is 2. The molecule has 4 rings (SSSR count). The van der Waals surface area contributed by atoms with Gasteiger partial charge in [-0.15, -0.1) is 0 Å². The number of Topliss-reactive ketones (excluding diaryl/α,β-unsaturated/α-hetero) is 1. The summed E-state index contributed by atoms with van der Waals surface area (Å²) >= 11 is 12.2. The van der Waals surface area contributed by atoms with E-state index < -0.39 is 0 Å². The first kappa shape index (κ1) is 20.6. The molecule has 0 radical (unpaired) electrons. The van der Waals surface area contributed by atoms with Crippen molar-refractivity contribution in [2.75, 3.05) is 10.6 Å². The lowest BCUT2D eigenvalue weighted by molar-refractivity contribution is 0.0911. The van der Waals surface area contributed by atoms with Gasteiger partial charge in [0.15, 0.2) is 5.78 Å². The number of aromatic nitrogens is 2. The number of hydrogen-bond acceptors (Lipinski definition) is 5. The van der Waals surface area contributed by atoms with Gasteiger partial charge in [-0.25, -0.2) is 4.98 Å². The highest BCUT2D eigenvalue weighted by Gasteiger charge is 2.35. The van der Waals surface area contributed by atoms with Crippen molar-refractivity contribution in [2.24, 2.45) is 5.41 Å². The molecule has 0 unspecified atom stereocenters. The molecule has 1 aromatic heterocycles. The number of rotatable bonds is 4. The van der Waals surface area contributed by atoms with Crippen molar-refractivity contribution < 1.29 is 4.79 Å². The lowest BCUT2D eigenvalue weighted by Gasteiger charge is -2.30. The third-order valence-corrected chi connectivity index (χ3v) is 5.74. The van der Waals surface area contributed by atoms with Crippen LogP contribution in [0.3, 0.4) is 0 Å². The summed E-state index contributed by atoms with van der Waals surface area (Å²) in [5.41, 5.74) is 3.84. The summed E-state index contributed by atoms with van der Waals surface area (Å²) in [4.78, 5) is 22.3. The number of aryl methyl sites for hydroxylation is 1. The molecular formula is C23H22Cl2N4O. The number of fused-ring (bicyclic) bond motifs is 1. The number of halogens is 2. The van der Waals surface area contributed by atoms with Crippen LogP contribution in [-0.2, 0) is 6.42 Å². The SMILES string of the molecule is Cc1cccc(Nc2nc3c(c(Nc4ccc(Cl)c(Cl)c4)n2)C(=O)CC(C)(C)C3)c1. The van der Waals surface area contributed by atoms with Crippen LogP contribution in [0.15, 0.2) is 42.5 Å². The zero-order valence-electron chi connectivity index (χ0n) is 17.0. The van der Waals surface area contributed by atoms with Crippen LogP contribution in [0.4, 0.5) is 23.1 Å². The van der Waals surface area contributed by atoms with Crippen LogP contribution in [0.25, 0.3) is 0 Å². The van der Waals surface area contributed by atoms with E-state index in [2.05, 4.69) is 34.4 Å². The molecule has 2 aromatic carbocycles. The molecule has 5 nitrogen and oxygen atoms in total. The van der Waals surface area contributed by atoms with Gasteiger partial charge in [0.2, 0.25) is 5.95 Å². The number of anilines is 4. The maximum absolute atomic E-state index is 13.0. The van der Waals surface area contributed by atoms with Crippen molar-refractivity contribution in [3.63, 3.8) is 0 Å². The Morgan fingerprint density at radius 2 is 1.70 bits per heavy atom. The standard InChI is InChI=1S/C23H22Cl2N4O/c1-13-5-4-6-14(9-13)27-22-28-18-11-23(2,3)12-19(30)20(18)21(29-22)26-15-7-8-16(24)17(25)10-15/h4-10H,11-12H2,1-3H3,(H2,26,27,28,29). The van der Waals surface area contributed by atoms with Crippen LogP contribution in [-0.4, -0.2) is 15.8 Å². The first-order valence-electron chi connectivity index (χ1n) is 9.70.